The third-order valence-electron chi connectivity index (χ3n) is 12.4. The molecule has 5 heterocycles. The van der Waals surface area contributed by atoms with Crippen LogP contribution < -0.4 is 14.9 Å². The molecule has 16 heteroatoms. The molecule has 4 aliphatic rings. The minimum atomic E-state index is -4.46. The maximum Gasteiger partial charge on any atom is 0.355 e. The van der Waals surface area contributed by atoms with Crippen molar-refractivity contribution in [1.29, 1.82) is 5.26 Å². The van der Waals surface area contributed by atoms with Crippen LogP contribution in [0.2, 0.25) is 0 Å². The number of hydrogen-bond acceptors (Lipinski definition) is 10. The van der Waals surface area contributed by atoms with Crippen molar-refractivity contribution in [3.05, 3.63) is 95.1 Å². The number of alkyl halides is 1. The number of nitrogens with one attached hydrogen (secondary N) is 2. The summed E-state index contributed by atoms with van der Waals surface area (Å²) in [6.07, 6.45) is 8.54. The number of nitriles is 1. The number of pyridine rings is 1. The van der Waals surface area contributed by atoms with Crippen LogP contribution in [0.5, 0.6) is 5.75 Å². The van der Waals surface area contributed by atoms with Gasteiger partial charge in [0, 0.05) is 35.6 Å². The Morgan fingerprint density at radius 3 is 2.60 bits per heavy atom. The molecule has 1 saturated carbocycles. The van der Waals surface area contributed by atoms with E-state index < -0.39 is 49.0 Å². The second kappa shape index (κ2) is 17.1. The fraction of sp³-hybridized carbons (Fsp3) is 0.455. The van der Waals surface area contributed by atoms with Crippen molar-refractivity contribution >= 4 is 52.6 Å². The number of amides is 3. The third-order valence-corrected chi connectivity index (χ3v) is 15.6. The topological polar surface area (TPSA) is 171 Å². The van der Waals surface area contributed by atoms with Gasteiger partial charge in [-0.05, 0) is 111 Å². The fourth-order valence-corrected chi connectivity index (χ4v) is 12.1. The van der Waals surface area contributed by atoms with E-state index in [1.165, 1.54) is 42.5 Å². The quantitative estimate of drug-likeness (QED) is 0.102. The van der Waals surface area contributed by atoms with Crippen molar-refractivity contribution in [2.24, 2.45) is 5.92 Å². The molecule has 0 radical (unpaired) electrons. The van der Waals surface area contributed by atoms with Gasteiger partial charge in [-0.15, -0.1) is 11.3 Å². The molecule has 314 valence electrons. The lowest BCUT2D eigenvalue weighted by Gasteiger charge is -2.35. The predicted molar refractivity (Wildman–Crippen MR) is 223 cm³/mol. The zero-order valence-electron chi connectivity index (χ0n) is 33.5. The van der Waals surface area contributed by atoms with E-state index in [-0.39, 0.29) is 47.6 Å². The van der Waals surface area contributed by atoms with Gasteiger partial charge in [-0.3, -0.25) is 28.7 Å². The van der Waals surface area contributed by atoms with Gasteiger partial charge in [0.25, 0.3) is 5.91 Å². The molecule has 3 aliphatic heterocycles. The number of ether oxygens (including phenoxy) is 1. The van der Waals surface area contributed by atoms with Crippen LogP contribution in [0.3, 0.4) is 0 Å². The number of fused-ring (bicyclic) bond motifs is 2. The Kier molecular flexibility index (Phi) is 11.8. The summed E-state index contributed by atoms with van der Waals surface area (Å²) in [5.74, 6) is -4.16. The lowest BCUT2D eigenvalue weighted by Crippen LogP contribution is -2.56. The molecule has 2 unspecified atom stereocenters. The molecule has 0 bridgehead atoms. The Morgan fingerprint density at radius 1 is 1.08 bits per heavy atom. The van der Waals surface area contributed by atoms with Crippen molar-refractivity contribution in [1.82, 2.24) is 25.2 Å². The lowest BCUT2D eigenvalue weighted by atomic mass is 9.85. The van der Waals surface area contributed by atoms with Gasteiger partial charge in [-0.2, -0.15) is 5.26 Å². The molecule has 2 N–H and O–H groups in total. The molecule has 1 aliphatic carbocycles. The van der Waals surface area contributed by atoms with E-state index in [0.29, 0.717) is 60.0 Å². The molecule has 60 heavy (non-hydrogen) atoms. The Bertz CT molecular complexity index is 2360. The number of esters is 1. The minimum Gasteiger partial charge on any atom is -0.465 e. The Hall–Kier alpha value is -5.16. The first kappa shape index (κ1) is 41.6. The second-order valence-corrected chi connectivity index (χ2v) is 19.4. The number of likely N-dealkylation sites (tertiary alicyclic amines) is 1. The van der Waals surface area contributed by atoms with E-state index in [1.54, 1.807) is 47.6 Å². The van der Waals surface area contributed by atoms with Gasteiger partial charge in [0.1, 0.15) is 23.9 Å². The van der Waals surface area contributed by atoms with Crippen LogP contribution in [-0.4, -0.2) is 81.3 Å². The summed E-state index contributed by atoms with van der Waals surface area (Å²) in [5, 5.41) is 16.3. The van der Waals surface area contributed by atoms with E-state index >= 15 is 4.39 Å². The number of benzene rings is 2. The molecule has 3 saturated heterocycles. The average Bonchev–Trinajstić information content (AvgIpc) is 3.62. The van der Waals surface area contributed by atoms with E-state index in [2.05, 4.69) is 21.5 Å². The molecular formula is C44H48FN6O7PS. The third kappa shape index (κ3) is 7.93. The number of carbonyl (C=O) groups excluding carboxylic acids is 4. The zero-order chi connectivity index (χ0) is 42.2. The molecule has 4 aromatic rings. The van der Waals surface area contributed by atoms with Crippen LogP contribution in [0, 0.1) is 17.2 Å². The largest absolute Gasteiger partial charge is 0.465 e. The van der Waals surface area contributed by atoms with Crippen molar-refractivity contribution in [3.8, 4) is 11.8 Å². The smallest absolute Gasteiger partial charge is 0.355 e. The molecule has 2 aromatic heterocycles. The monoisotopic (exact) mass is 854 g/mol. The van der Waals surface area contributed by atoms with Gasteiger partial charge >= 0.3 is 13.5 Å². The maximum absolute atomic E-state index is 16.5. The van der Waals surface area contributed by atoms with Crippen molar-refractivity contribution in [2.75, 3.05) is 13.2 Å². The number of carbonyl (C=O) groups is 4. The van der Waals surface area contributed by atoms with Crippen LogP contribution in [-0.2, 0) is 23.7 Å². The van der Waals surface area contributed by atoms with E-state index in [0.717, 1.165) is 18.4 Å². The summed E-state index contributed by atoms with van der Waals surface area (Å²) in [7, 11) is -4.46. The van der Waals surface area contributed by atoms with E-state index in [9.17, 15) is 29.0 Å². The number of aromatic nitrogens is 1. The molecule has 8 atom stereocenters. The number of rotatable bonds is 13. The first-order valence-electron chi connectivity index (χ1n) is 20.7. The highest BCUT2D eigenvalue weighted by molar-refractivity contribution is 7.57. The molecule has 8 rings (SSSR count). The van der Waals surface area contributed by atoms with Gasteiger partial charge < -0.3 is 24.4 Å². The van der Waals surface area contributed by atoms with Gasteiger partial charge in [-0.25, -0.2) is 9.48 Å². The zero-order valence-corrected chi connectivity index (χ0v) is 35.2. The lowest BCUT2D eigenvalue weighted by molar-refractivity contribution is -0.147. The van der Waals surface area contributed by atoms with Crippen molar-refractivity contribution < 1.29 is 37.4 Å². The normalized spacial score (nSPS) is 25.1. The minimum absolute atomic E-state index is 0.0155. The molecule has 3 amide bonds. The van der Waals surface area contributed by atoms with E-state index in [4.69, 9.17) is 9.26 Å². The molecule has 4 fully saturated rings. The highest BCUT2D eigenvalue weighted by atomic mass is 32.1. The Labute approximate surface area is 352 Å². The first-order chi connectivity index (χ1) is 29.0. The number of hydrogen-bond donors (Lipinski definition) is 2. The summed E-state index contributed by atoms with van der Waals surface area (Å²) < 4.78 is 42.5. The van der Waals surface area contributed by atoms with Gasteiger partial charge in [0.05, 0.1) is 29.0 Å². The van der Waals surface area contributed by atoms with Crippen LogP contribution in [0.1, 0.15) is 97.8 Å². The standard InChI is InChI=1S/C44H48FN6O7PS/c1-3-21-57-43(55)27(2)49-59(56,58-32-11-5-4-6-12-32)39(45)28-14-17-37-30(22-28)23-38(60-37)40(52)48-35-13-7-10-31-15-16-36(51(31)41(35)53)42(54)50-26-33(29-9-8-20-47-25-29)34(24-46)44(50)18-19-44/h4-6,8-9,11-12,14,17,20,22-23,25,27,31,33-36,39H,3,7,10,13,15-16,18-19,21,26H2,1-2H3,(H,48,52)(H,49,56)/t27-,31-,33+,34+,35?,36-,39-,59?/m0/s1. The van der Waals surface area contributed by atoms with Gasteiger partial charge in [0.2, 0.25) is 17.7 Å². The van der Waals surface area contributed by atoms with Crippen LogP contribution in [0.4, 0.5) is 4.39 Å². The summed E-state index contributed by atoms with van der Waals surface area (Å²) in [6, 6.07) is 17.8. The Morgan fingerprint density at radius 2 is 1.88 bits per heavy atom. The van der Waals surface area contributed by atoms with Gasteiger partial charge in [0.15, 0.2) is 0 Å². The number of para-hydroxylation sites is 1. The first-order valence-corrected chi connectivity index (χ1v) is 23.2. The maximum atomic E-state index is 16.5. The van der Waals surface area contributed by atoms with Crippen LogP contribution in [0.15, 0.2) is 79.1 Å². The fourth-order valence-electron chi connectivity index (χ4n) is 9.24. The van der Waals surface area contributed by atoms with E-state index in [1.807, 2.05) is 24.0 Å². The SMILES string of the molecule is CCCOC(=O)[C@H](C)NP(=O)(Oc1ccccc1)[C@H](F)c1ccc2sc(C(=O)NC3CCC[C@H]4CC[C@@H](C(=O)N5C[C@H](c6cccnc6)[C@@H](C#N)C56CC6)N4C3=O)cc2c1. The van der Waals surface area contributed by atoms with Gasteiger partial charge in [-0.1, -0.05) is 37.3 Å². The molecule has 1 spiro atoms. The predicted octanol–water partition coefficient (Wildman–Crippen LogP) is 7.41. The average molecular weight is 855 g/mol. The molecule has 2 aromatic carbocycles. The summed E-state index contributed by atoms with van der Waals surface area (Å²) in [5.41, 5.74) is 0.400. The van der Waals surface area contributed by atoms with Crippen molar-refractivity contribution in [3.63, 3.8) is 0 Å². The summed E-state index contributed by atoms with van der Waals surface area (Å²) >= 11 is 1.17. The molecule has 13 nitrogen and oxygen atoms in total. The number of thiophene rings is 1. The van der Waals surface area contributed by atoms with Crippen LogP contribution >= 0.6 is 18.9 Å². The summed E-state index contributed by atoms with van der Waals surface area (Å²) in [6.45, 7) is 3.82. The van der Waals surface area contributed by atoms with Crippen LogP contribution in [0.25, 0.3) is 10.1 Å². The highest BCUT2D eigenvalue weighted by Crippen LogP contribution is 2.59. The summed E-state index contributed by atoms with van der Waals surface area (Å²) in [4.78, 5) is 63.5. The molecular weight excluding hydrogens is 807 g/mol. The number of nitrogens with zero attached hydrogens (tertiary/aromatic N) is 4. The second-order valence-electron chi connectivity index (χ2n) is 16.3. The number of halogens is 1. The Balaban J connectivity index is 0.980. The van der Waals surface area contributed by atoms with Crippen molar-refractivity contribution in [2.45, 2.75) is 107 Å². The highest BCUT2D eigenvalue weighted by Gasteiger charge is 2.64.